The Morgan fingerprint density at radius 3 is 2.44 bits per heavy atom. The summed E-state index contributed by atoms with van der Waals surface area (Å²) in [5, 5.41) is 5.84. The average molecular weight is 456 g/mol. The molecular formula is C25H33N3O3S. The highest BCUT2D eigenvalue weighted by Gasteiger charge is 2.15. The van der Waals surface area contributed by atoms with Crippen LogP contribution in [0.5, 0.6) is 5.75 Å². The highest BCUT2D eigenvalue weighted by atomic mass is 32.1. The number of rotatable bonds is 11. The fourth-order valence-electron chi connectivity index (χ4n) is 3.25. The molecule has 2 amide bonds. The zero-order valence-corrected chi connectivity index (χ0v) is 20.0. The first-order valence-corrected chi connectivity index (χ1v) is 11.6. The molecule has 0 heterocycles. The molecule has 0 aliphatic heterocycles. The van der Waals surface area contributed by atoms with E-state index in [-0.39, 0.29) is 16.9 Å². The van der Waals surface area contributed by atoms with Gasteiger partial charge in [-0.1, -0.05) is 44.4 Å². The zero-order chi connectivity index (χ0) is 23.3. The Bertz CT molecular complexity index is 913. The van der Waals surface area contributed by atoms with Gasteiger partial charge in [0.2, 0.25) is 0 Å². The van der Waals surface area contributed by atoms with Crippen LogP contribution in [0.3, 0.4) is 0 Å². The van der Waals surface area contributed by atoms with Crippen molar-refractivity contribution in [2.45, 2.75) is 46.5 Å². The van der Waals surface area contributed by atoms with E-state index in [4.69, 9.17) is 17.0 Å². The predicted molar refractivity (Wildman–Crippen MR) is 133 cm³/mol. The van der Waals surface area contributed by atoms with E-state index in [0.717, 1.165) is 19.3 Å². The SMILES string of the molecule is CCCCCCOc1ccccc1C(=O)NC(=S)Nc1cccc(C(=O)N(CC)CC)c1. The van der Waals surface area contributed by atoms with Crippen LogP contribution in [0.25, 0.3) is 0 Å². The Labute approximate surface area is 196 Å². The van der Waals surface area contributed by atoms with E-state index < -0.39 is 0 Å². The lowest BCUT2D eigenvalue weighted by Gasteiger charge is -2.19. The molecule has 2 N–H and O–H groups in total. The molecule has 0 unspecified atom stereocenters. The molecule has 172 valence electrons. The number of hydrogen-bond acceptors (Lipinski definition) is 4. The van der Waals surface area contributed by atoms with Gasteiger partial charge in [0, 0.05) is 24.3 Å². The van der Waals surface area contributed by atoms with Gasteiger partial charge in [0.05, 0.1) is 12.2 Å². The van der Waals surface area contributed by atoms with Gasteiger partial charge < -0.3 is 15.0 Å². The number of nitrogens with one attached hydrogen (secondary N) is 2. The standard InChI is InChI=1S/C25H33N3O3S/c1-4-7-8-11-17-31-22-16-10-9-15-21(22)23(29)27-25(32)26-20-14-12-13-19(18-20)24(30)28(5-2)6-3/h9-10,12-16,18H,4-8,11,17H2,1-3H3,(H2,26,27,29,32). The number of hydrogen-bond donors (Lipinski definition) is 2. The Kier molecular flexibility index (Phi) is 10.7. The number of anilines is 1. The molecule has 0 fully saturated rings. The Morgan fingerprint density at radius 2 is 1.72 bits per heavy atom. The maximum atomic E-state index is 12.8. The summed E-state index contributed by atoms with van der Waals surface area (Å²) in [7, 11) is 0. The van der Waals surface area contributed by atoms with Crippen molar-refractivity contribution in [2.75, 3.05) is 25.0 Å². The summed E-state index contributed by atoms with van der Waals surface area (Å²) in [6, 6.07) is 14.2. The van der Waals surface area contributed by atoms with Crippen molar-refractivity contribution in [2.24, 2.45) is 0 Å². The minimum absolute atomic E-state index is 0.0429. The summed E-state index contributed by atoms with van der Waals surface area (Å²) >= 11 is 5.32. The first kappa shape index (κ1) is 25.3. The topological polar surface area (TPSA) is 70.7 Å². The van der Waals surface area contributed by atoms with Gasteiger partial charge in [-0.15, -0.1) is 0 Å². The van der Waals surface area contributed by atoms with E-state index in [0.29, 0.717) is 42.3 Å². The van der Waals surface area contributed by atoms with Crippen molar-refractivity contribution in [1.29, 1.82) is 0 Å². The summed E-state index contributed by atoms with van der Waals surface area (Å²) in [5.41, 5.74) is 1.63. The molecule has 7 heteroatoms. The molecule has 0 atom stereocenters. The molecule has 0 radical (unpaired) electrons. The molecule has 0 aliphatic rings. The van der Waals surface area contributed by atoms with Gasteiger partial charge in [-0.3, -0.25) is 14.9 Å². The van der Waals surface area contributed by atoms with Crippen molar-refractivity contribution < 1.29 is 14.3 Å². The van der Waals surface area contributed by atoms with E-state index in [1.165, 1.54) is 6.42 Å². The van der Waals surface area contributed by atoms with Crippen LogP contribution in [-0.4, -0.2) is 41.5 Å². The highest BCUT2D eigenvalue weighted by molar-refractivity contribution is 7.80. The first-order chi connectivity index (χ1) is 15.5. The Hall–Kier alpha value is -2.93. The molecule has 0 saturated heterocycles. The normalized spacial score (nSPS) is 10.3. The van der Waals surface area contributed by atoms with Gasteiger partial charge in [0.1, 0.15) is 5.75 Å². The fraction of sp³-hybridized carbons (Fsp3) is 0.400. The predicted octanol–water partition coefficient (Wildman–Crippen LogP) is 5.25. The number of amides is 2. The van der Waals surface area contributed by atoms with Crippen molar-refractivity contribution in [3.8, 4) is 5.75 Å². The lowest BCUT2D eigenvalue weighted by Crippen LogP contribution is -2.34. The quantitative estimate of drug-likeness (QED) is 0.357. The van der Waals surface area contributed by atoms with Crippen molar-refractivity contribution in [3.05, 3.63) is 59.7 Å². The molecule has 0 aromatic heterocycles. The van der Waals surface area contributed by atoms with Gasteiger partial charge in [-0.2, -0.15) is 0 Å². The third-order valence-corrected chi connectivity index (χ3v) is 5.24. The smallest absolute Gasteiger partial charge is 0.261 e. The van der Waals surface area contributed by atoms with E-state index >= 15 is 0 Å². The van der Waals surface area contributed by atoms with Crippen molar-refractivity contribution in [1.82, 2.24) is 10.2 Å². The monoisotopic (exact) mass is 455 g/mol. The van der Waals surface area contributed by atoms with E-state index in [2.05, 4.69) is 17.6 Å². The molecule has 2 aromatic rings. The molecule has 2 rings (SSSR count). The fourth-order valence-corrected chi connectivity index (χ4v) is 3.46. The number of thiocarbonyl (C=S) groups is 1. The number of para-hydroxylation sites is 1. The Morgan fingerprint density at radius 1 is 0.969 bits per heavy atom. The zero-order valence-electron chi connectivity index (χ0n) is 19.1. The number of ether oxygens (including phenoxy) is 1. The maximum Gasteiger partial charge on any atom is 0.261 e. The minimum Gasteiger partial charge on any atom is -0.493 e. The van der Waals surface area contributed by atoms with Crippen LogP contribution < -0.4 is 15.4 Å². The number of benzene rings is 2. The molecule has 6 nitrogen and oxygen atoms in total. The maximum absolute atomic E-state index is 12.8. The second-order valence-electron chi connectivity index (χ2n) is 7.37. The summed E-state index contributed by atoms with van der Waals surface area (Å²) < 4.78 is 5.82. The van der Waals surface area contributed by atoms with Gasteiger partial charge in [0.25, 0.3) is 11.8 Å². The van der Waals surface area contributed by atoms with Gasteiger partial charge in [-0.05, 0) is 62.8 Å². The van der Waals surface area contributed by atoms with Crippen LogP contribution >= 0.6 is 12.2 Å². The van der Waals surface area contributed by atoms with Gasteiger partial charge in [-0.25, -0.2) is 0 Å². The first-order valence-electron chi connectivity index (χ1n) is 11.2. The van der Waals surface area contributed by atoms with E-state index in [1.807, 2.05) is 19.9 Å². The lowest BCUT2D eigenvalue weighted by molar-refractivity contribution is 0.0772. The molecule has 2 aromatic carbocycles. The highest BCUT2D eigenvalue weighted by Crippen LogP contribution is 2.19. The second-order valence-corrected chi connectivity index (χ2v) is 7.78. The third kappa shape index (κ3) is 7.64. The van der Waals surface area contributed by atoms with Crippen LogP contribution in [0, 0.1) is 0 Å². The lowest BCUT2D eigenvalue weighted by atomic mass is 10.1. The largest absolute Gasteiger partial charge is 0.493 e. The van der Waals surface area contributed by atoms with E-state index in [1.54, 1.807) is 47.4 Å². The summed E-state index contributed by atoms with van der Waals surface area (Å²) in [4.78, 5) is 27.1. The number of carbonyl (C=O) groups is 2. The van der Waals surface area contributed by atoms with E-state index in [9.17, 15) is 9.59 Å². The molecule has 0 spiro atoms. The van der Waals surface area contributed by atoms with Crippen LogP contribution in [0.4, 0.5) is 5.69 Å². The van der Waals surface area contributed by atoms with Crippen molar-refractivity contribution >= 4 is 34.8 Å². The van der Waals surface area contributed by atoms with Crippen LogP contribution in [0.1, 0.15) is 67.2 Å². The number of nitrogens with zero attached hydrogens (tertiary/aromatic N) is 1. The minimum atomic E-state index is -0.345. The molecule has 0 aliphatic carbocycles. The number of carbonyl (C=O) groups excluding carboxylic acids is 2. The van der Waals surface area contributed by atoms with Crippen molar-refractivity contribution in [3.63, 3.8) is 0 Å². The Balaban J connectivity index is 1.98. The third-order valence-electron chi connectivity index (χ3n) is 5.03. The molecule has 0 bridgehead atoms. The average Bonchev–Trinajstić information content (AvgIpc) is 2.80. The summed E-state index contributed by atoms with van der Waals surface area (Å²) in [6.07, 6.45) is 4.39. The second kappa shape index (κ2) is 13.5. The van der Waals surface area contributed by atoms with Crippen LogP contribution in [0.15, 0.2) is 48.5 Å². The molecule has 32 heavy (non-hydrogen) atoms. The van der Waals surface area contributed by atoms with Crippen LogP contribution in [-0.2, 0) is 0 Å². The molecular weight excluding hydrogens is 422 g/mol. The summed E-state index contributed by atoms with van der Waals surface area (Å²) in [5.74, 6) is 0.150. The molecule has 0 saturated carbocycles. The van der Waals surface area contributed by atoms with Gasteiger partial charge >= 0.3 is 0 Å². The number of unbranched alkanes of at least 4 members (excludes halogenated alkanes) is 3. The van der Waals surface area contributed by atoms with Gasteiger partial charge in [0.15, 0.2) is 5.11 Å². The summed E-state index contributed by atoms with van der Waals surface area (Å²) in [6.45, 7) is 7.90. The van der Waals surface area contributed by atoms with Crippen LogP contribution in [0.2, 0.25) is 0 Å².